The topological polar surface area (TPSA) is 0 Å². The lowest BCUT2D eigenvalue weighted by molar-refractivity contribution is 0.982. The van der Waals surface area contributed by atoms with Crippen molar-refractivity contribution in [2.45, 2.75) is 12.8 Å². The van der Waals surface area contributed by atoms with E-state index < -0.39 is 0 Å². The van der Waals surface area contributed by atoms with Crippen LogP contribution >= 0.6 is 15.9 Å². The van der Waals surface area contributed by atoms with Gasteiger partial charge in [0.1, 0.15) is 0 Å². The number of fused-ring (bicyclic) bond motifs is 2. The number of benzene rings is 3. The fraction of sp³-hybridized carbons (Fsp3) is 0.100. The van der Waals surface area contributed by atoms with Gasteiger partial charge in [0.05, 0.1) is 0 Å². The third-order valence-corrected chi connectivity index (χ3v) is 4.99. The summed E-state index contributed by atoms with van der Waals surface area (Å²) in [5.74, 6) is 0.449. The van der Waals surface area contributed by atoms with Gasteiger partial charge in [-0.1, -0.05) is 83.5 Å². The van der Waals surface area contributed by atoms with Crippen LogP contribution in [0.15, 0.2) is 71.2 Å². The Bertz CT molecular complexity index is 869. The van der Waals surface area contributed by atoms with Gasteiger partial charge in [-0.2, -0.15) is 0 Å². The van der Waals surface area contributed by atoms with Crippen molar-refractivity contribution in [3.05, 3.63) is 87.9 Å². The van der Waals surface area contributed by atoms with Gasteiger partial charge in [0.25, 0.3) is 0 Å². The van der Waals surface area contributed by atoms with Crippen LogP contribution in [-0.4, -0.2) is 0 Å². The first-order valence-corrected chi connectivity index (χ1v) is 8.04. The van der Waals surface area contributed by atoms with Gasteiger partial charge >= 0.3 is 0 Å². The second kappa shape index (κ2) is 4.85. The molecule has 0 aromatic heterocycles. The number of allylic oxidation sites excluding steroid dienone is 1. The molecule has 0 saturated carbocycles. The van der Waals surface area contributed by atoms with Gasteiger partial charge in [0, 0.05) is 10.4 Å². The van der Waals surface area contributed by atoms with E-state index in [9.17, 15) is 0 Å². The van der Waals surface area contributed by atoms with Gasteiger partial charge in [-0.3, -0.25) is 0 Å². The van der Waals surface area contributed by atoms with Crippen LogP contribution in [0.25, 0.3) is 16.3 Å². The Labute approximate surface area is 133 Å². The van der Waals surface area contributed by atoms with Gasteiger partial charge in [-0.15, -0.1) is 0 Å². The SMILES string of the molecule is CC1C=C(c2cccc3ccccc23)c2cccc(Br)c21. The second-order valence-corrected chi connectivity index (χ2v) is 6.45. The van der Waals surface area contributed by atoms with Crippen LogP contribution in [0.5, 0.6) is 0 Å². The zero-order valence-electron chi connectivity index (χ0n) is 11.8. The van der Waals surface area contributed by atoms with Crippen molar-refractivity contribution < 1.29 is 0 Å². The Hall–Kier alpha value is -1.86. The van der Waals surface area contributed by atoms with Crippen LogP contribution in [0.1, 0.15) is 29.5 Å². The first-order chi connectivity index (χ1) is 10.3. The zero-order valence-corrected chi connectivity index (χ0v) is 13.4. The molecule has 1 aliphatic carbocycles. The lowest BCUT2D eigenvalue weighted by atomic mass is 9.94. The molecule has 0 bridgehead atoms. The van der Waals surface area contributed by atoms with Gasteiger partial charge in [0.15, 0.2) is 0 Å². The maximum absolute atomic E-state index is 3.70. The molecule has 1 heteroatoms. The normalized spacial score (nSPS) is 16.9. The molecule has 0 spiro atoms. The summed E-state index contributed by atoms with van der Waals surface area (Å²) in [5.41, 5.74) is 5.45. The fourth-order valence-corrected chi connectivity index (χ4v) is 4.08. The van der Waals surface area contributed by atoms with E-state index >= 15 is 0 Å². The summed E-state index contributed by atoms with van der Waals surface area (Å²) < 4.78 is 1.21. The molecule has 0 heterocycles. The monoisotopic (exact) mass is 334 g/mol. The predicted octanol–water partition coefficient (Wildman–Crippen LogP) is 6.15. The Morgan fingerprint density at radius 1 is 0.810 bits per heavy atom. The molecule has 3 aromatic carbocycles. The van der Waals surface area contributed by atoms with Crippen LogP contribution in [0.3, 0.4) is 0 Å². The highest BCUT2D eigenvalue weighted by atomic mass is 79.9. The molecule has 0 fully saturated rings. The summed E-state index contributed by atoms with van der Waals surface area (Å²) >= 11 is 3.70. The van der Waals surface area contributed by atoms with Gasteiger partial charge < -0.3 is 0 Å². The number of rotatable bonds is 1. The highest BCUT2D eigenvalue weighted by Gasteiger charge is 2.23. The lowest BCUT2D eigenvalue weighted by Crippen LogP contribution is -1.91. The average molecular weight is 335 g/mol. The third kappa shape index (κ3) is 1.96. The molecule has 0 saturated heterocycles. The van der Waals surface area contributed by atoms with Gasteiger partial charge in [-0.05, 0) is 39.1 Å². The van der Waals surface area contributed by atoms with Crippen molar-refractivity contribution in [2.75, 3.05) is 0 Å². The number of hydrogen-bond acceptors (Lipinski definition) is 0. The highest BCUT2D eigenvalue weighted by molar-refractivity contribution is 9.10. The van der Waals surface area contributed by atoms with E-state index in [2.05, 4.69) is 89.6 Å². The Balaban J connectivity index is 2.00. The van der Waals surface area contributed by atoms with Crippen molar-refractivity contribution >= 4 is 32.3 Å². The highest BCUT2D eigenvalue weighted by Crippen LogP contribution is 2.44. The smallest absolute Gasteiger partial charge is 0.0219 e. The van der Waals surface area contributed by atoms with Crippen molar-refractivity contribution in [2.24, 2.45) is 0 Å². The third-order valence-electron chi connectivity index (χ3n) is 4.29. The molecule has 0 radical (unpaired) electrons. The molecular weight excluding hydrogens is 320 g/mol. The van der Waals surface area contributed by atoms with Crippen LogP contribution in [0, 0.1) is 0 Å². The second-order valence-electron chi connectivity index (χ2n) is 5.60. The Kier molecular flexibility index (Phi) is 2.97. The molecule has 0 N–H and O–H groups in total. The standard InChI is InChI=1S/C20H15Br/c1-13-12-18(17-10-5-11-19(21)20(13)17)16-9-4-7-14-6-2-3-8-15(14)16/h2-13H,1H3. The summed E-state index contributed by atoms with van der Waals surface area (Å²) in [6.45, 7) is 2.27. The van der Waals surface area contributed by atoms with E-state index in [0.29, 0.717) is 5.92 Å². The van der Waals surface area contributed by atoms with Crippen molar-refractivity contribution in [1.82, 2.24) is 0 Å². The fourth-order valence-electron chi connectivity index (χ4n) is 3.35. The minimum absolute atomic E-state index is 0.449. The number of hydrogen-bond donors (Lipinski definition) is 0. The molecule has 3 aromatic rings. The summed E-state index contributed by atoms with van der Waals surface area (Å²) in [4.78, 5) is 0. The summed E-state index contributed by atoms with van der Waals surface area (Å²) in [6, 6.07) is 21.7. The quantitative estimate of drug-likeness (QED) is 0.500. The minimum atomic E-state index is 0.449. The molecule has 4 rings (SSSR count). The van der Waals surface area contributed by atoms with E-state index in [1.165, 1.54) is 37.5 Å². The molecule has 0 nitrogen and oxygen atoms in total. The minimum Gasteiger partial charge on any atom is -0.0687 e. The molecule has 0 aliphatic heterocycles. The van der Waals surface area contributed by atoms with Crippen molar-refractivity contribution in [3.63, 3.8) is 0 Å². The molecule has 1 unspecified atom stereocenters. The molecule has 0 amide bonds. The van der Waals surface area contributed by atoms with E-state index in [4.69, 9.17) is 0 Å². The van der Waals surface area contributed by atoms with E-state index in [1.807, 2.05) is 0 Å². The largest absolute Gasteiger partial charge is 0.0687 e. The van der Waals surface area contributed by atoms with E-state index in [-0.39, 0.29) is 0 Å². The van der Waals surface area contributed by atoms with Crippen LogP contribution in [0.4, 0.5) is 0 Å². The van der Waals surface area contributed by atoms with Crippen LogP contribution in [-0.2, 0) is 0 Å². The van der Waals surface area contributed by atoms with E-state index in [0.717, 1.165) is 0 Å². The average Bonchev–Trinajstić information content (AvgIpc) is 2.85. The summed E-state index contributed by atoms with van der Waals surface area (Å²) in [7, 11) is 0. The first-order valence-electron chi connectivity index (χ1n) is 7.24. The maximum Gasteiger partial charge on any atom is 0.0219 e. The zero-order chi connectivity index (χ0) is 14.4. The molecule has 1 atom stereocenters. The van der Waals surface area contributed by atoms with E-state index in [1.54, 1.807) is 0 Å². The molecule has 102 valence electrons. The van der Waals surface area contributed by atoms with Crippen molar-refractivity contribution in [1.29, 1.82) is 0 Å². The number of halogens is 1. The Morgan fingerprint density at radius 2 is 1.52 bits per heavy atom. The predicted molar refractivity (Wildman–Crippen MR) is 93.6 cm³/mol. The Morgan fingerprint density at radius 3 is 2.43 bits per heavy atom. The molecule has 21 heavy (non-hydrogen) atoms. The first kappa shape index (κ1) is 12.8. The van der Waals surface area contributed by atoms with Crippen molar-refractivity contribution in [3.8, 4) is 0 Å². The lowest BCUT2D eigenvalue weighted by Gasteiger charge is -2.11. The van der Waals surface area contributed by atoms with Crippen LogP contribution in [0.2, 0.25) is 0 Å². The maximum atomic E-state index is 3.70. The molecule has 1 aliphatic rings. The van der Waals surface area contributed by atoms with Crippen LogP contribution < -0.4 is 0 Å². The summed E-state index contributed by atoms with van der Waals surface area (Å²) in [5, 5.41) is 2.62. The van der Waals surface area contributed by atoms with Gasteiger partial charge in [-0.25, -0.2) is 0 Å². The summed E-state index contributed by atoms with van der Waals surface area (Å²) in [6.07, 6.45) is 2.39. The van der Waals surface area contributed by atoms with Gasteiger partial charge in [0.2, 0.25) is 0 Å². The molecular formula is C20H15Br.